The Morgan fingerprint density at radius 1 is 0.870 bits per heavy atom. The standard InChI is InChI=1S/C14H27N3O6/c1-4-11(14(22)23)17(7-5-15(2)3)8-6-16(9-12(18)19)10-13(20)21/h11H,4-10H2,1-3H3,(H,18,19)(H,20,21)(H,22,23). The maximum absolute atomic E-state index is 11.4. The molecule has 0 amide bonds. The highest BCUT2D eigenvalue weighted by Gasteiger charge is 2.24. The van der Waals surface area contributed by atoms with Crippen molar-refractivity contribution in [2.24, 2.45) is 0 Å². The number of rotatable bonds is 13. The van der Waals surface area contributed by atoms with E-state index in [0.29, 0.717) is 26.1 Å². The Bertz CT molecular complexity index is 386. The van der Waals surface area contributed by atoms with Crippen molar-refractivity contribution in [3.63, 3.8) is 0 Å². The molecule has 0 rings (SSSR count). The van der Waals surface area contributed by atoms with E-state index >= 15 is 0 Å². The van der Waals surface area contributed by atoms with Crippen molar-refractivity contribution in [3.05, 3.63) is 0 Å². The summed E-state index contributed by atoms with van der Waals surface area (Å²) in [4.78, 5) is 37.9. The first-order valence-corrected chi connectivity index (χ1v) is 7.44. The van der Waals surface area contributed by atoms with Crippen molar-refractivity contribution in [1.82, 2.24) is 14.7 Å². The van der Waals surface area contributed by atoms with Gasteiger partial charge >= 0.3 is 17.9 Å². The molecule has 0 aliphatic rings. The van der Waals surface area contributed by atoms with E-state index in [9.17, 15) is 19.5 Å². The number of likely N-dealkylation sites (N-methyl/N-ethyl adjacent to an activating group) is 1. The highest BCUT2D eigenvalue weighted by Crippen LogP contribution is 2.06. The first-order valence-electron chi connectivity index (χ1n) is 7.44. The molecular weight excluding hydrogens is 306 g/mol. The second kappa shape index (κ2) is 10.9. The van der Waals surface area contributed by atoms with E-state index in [-0.39, 0.29) is 6.54 Å². The fraction of sp³-hybridized carbons (Fsp3) is 0.786. The monoisotopic (exact) mass is 333 g/mol. The lowest BCUT2D eigenvalue weighted by atomic mass is 10.2. The van der Waals surface area contributed by atoms with Crippen LogP contribution in [0.3, 0.4) is 0 Å². The Morgan fingerprint density at radius 2 is 1.35 bits per heavy atom. The molecule has 0 saturated carbocycles. The summed E-state index contributed by atoms with van der Waals surface area (Å²) in [7, 11) is 3.75. The number of nitrogens with zero attached hydrogens (tertiary/aromatic N) is 3. The largest absolute Gasteiger partial charge is 0.480 e. The van der Waals surface area contributed by atoms with E-state index in [1.54, 1.807) is 11.8 Å². The molecule has 0 aromatic heterocycles. The summed E-state index contributed by atoms with van der Waals surface area (Å²) >= 11 is 0. The highest BCUT2D eigenvalue weighted by atomic mass is 16.4. The van der Waals surface area contributed by atoms with Gasteiger partial charge in [-0.15, -0.1) is 0 Å². The van der Waals surface area contributed by atoms with Crippen LogP contribution in [0, 0.1) is 0 Å². The van der Waals surface area contributed by atoms with Crippen LogP contribution in [0.1, 0.15) is 13.3 Å². The third-order valence-corrected chi connectivity index (χ3v) is 3.37. The van der Waals surface area contributed by atoms with Crippen molar-refractivity contribution in [1.29, 1.82) is 0 Å². The van der Waals surface area contributed by atoms with Gasteiger partial charge in [-0.25, -0.2) is 0 Å². The van der Waals surface area contributed by atoms with Crippen molar-refractivity contribution < 1.29 is 29.7 Å². The van der Waals surface area contributed by atoms with Gasteiger partial charge in [-0.1, -0.05) is 6.92 Å². The molecule has 0 aliphatic heterocycles. The fourth-order valence-electron chi connectivity index (χ4n) is 2.21. The van der Waals surface area contributed by atoms with Crippen LogP contribution in [0.5, 0.6) is 0 Å². The first kappa shape index (κ1) is 21.3. The number of aliphatic carboxylic acids is 3. The van der Waals surface area contributed by atoms with Gasteiger partial charge in [0, 0.05) is 26.2 Å². The van der Waals surface area contributed by atoms with Gasteiger partial charge in [-0.3, -0.25) is 24.2 Å². The van der Waals surface area contributed by atoms with E-state index in [0.717, 1.165) is 0 Å². The minimum atomic E-state index is -1.11. The summed E-state index contributed by atoms with van der Waals surface area (Å²) in [5.41, 5.74) is 0. The van der Waals surface area contributed by atoms with E-state index in [1.807, 2.05) is 19.0 Å². The number of carbonyl (C=O) groups is 3. The smallest absolute Gasteiger partial charge is 0.320 e. The van der Waals surface area contributed by atoms with Gasteiger partial charge in [0.25, 0.3) is 0 Å². The molecule has 1 unspecified atom stereocenters. The van der Waals surface area contributed by atoms with Gasteiger partial charge < -0.3 is 20.2 Å². The minimum absolute atomic E-state index is 0.176. The Kier molecular flexibility index (Phi) is 10.1. The summed E-state index contributed by atoms with van der Waals surface area (Å²) in [5.74, 6) is -3.16. The van der Waals surface area contributed by atoms with E-state index in [4.69, 9.17) is 10.2 Å². The average molecular weight is 333 g/mol. The van der Waals surface area contributed by atoms with Crippen LogP contribution in [-0.4, -0.2) is 107 Å². The molecule has 9 nitrogen and oxygen atoms in total. The summed E-state index contributed by atoms with van der Waals surface area (Å²) in [6, 6.07) is -0.675. The maximum Gasteiger partial charge on any atom is 0.320 e. The Labute approximate surface area is 136 Å². The Balaban J connectivity index is 4.84. The van der Waals surface area contributed by atoms with Crippen molar-refractivity contribution in [2.45, 2.75) is 19.4 Å². The van der Waals surface area contributed by atoms with Gasteiger partial charge in [0.15, 0.2) is 0 Å². The van der Waals surface area contributed by atoms with E-state index in [1.165, 1.54) is 4.90 Å². The topological polar surface area (TPSA) is 122 Å². The Morgan fingerprint density at radius 3 is 1.70 bits per heavy atom. The number of carboxylic acid groups (broad SMARTS) is 3. The van der Waals surface area contributed by atoms with Crippen LogP contribution in [0.4, 0.5) is 0 Å². The lowest BCUT2D eigenvalue weighted by Crippen LogP contribution is -2.48. The summed E-state index contributed by atoms with van der Waals surface area (Å²) in [6.07, 6.45) is 0.417. The fourth-order valence-corrected chi connectivity index (χ4v) is 2.21. The van der Waals surface area contributed by atoms with E-state index in [2.05, 4.69) is 0 Å². The quantitative estimate of drug-likeness (QED) is 0.397. The molecule has 0 saturated heterocycles. The summed E-state index contributed by atoms with van der Waals surface area (Å²) in [5, 5.41) is 27.0. The van der Waals surface area contributed by atoms with Crippen molar-refractivity contribution >= 4 is 17.9 Å². The summed E-state index contributed by atoms with van der Waals surface area (Å²) < 4.78 is 0. The molecule has 134 valence electrons. The zero-order chi connectivity index (χ0) is 18.0. The number of carboxylic acids is 3. The molecule has 1 atom stereocenters. The van der Waals surface area contributed by atoms with Crippen LogP contribution in [0.2, 0.25) is 0 Å². The van der Waals surface area contributed by atoms with Crippen LogP contribution in [0.15, 0.2) is 0 Å². The average Bonchev–Trinajstić information content (AvgIpc) is 2.39. The van der Waals surface area contributed by atoms with Gasteiger partial charge in [0.1, 0.15) is 6.04 Å². The van der Waals surface area contributed by atoms with Crippen LogP contribution < -0.4 is 0 Å². The lowest BCUT2D eigenvalue weighted by Gasteiger charge is -2.31. The van der Waals surface area contributed by atoms with Gasteiger partial charge in [0.2, 0.25) is 0 Å². The molecular formula is C14H27N3O6. The molecule has 0 bridgehead atoms. The molecule has 0 aliphatic carbocycles. The maximum atomic E-state index is 11.4. The normalized spacial score (nSPS) is 12.8. The van der Waals surface area contributed by atoms with E-state index < -0.39 is 37.0 Å². The highest BCUT2D eigenvalue weighted by molar-refractivity contribution is 5.73. The third kappa shape index (κ3) is 9.82. The number of hydrogen-bond donors (Lipinski definition) is 3. The zero-order valence-corrected chi connectivity index (χ0v) is 13.9. The van der Waals surface area contributed by atoms with Crippen LogP contribution in [-0.2, 0) is 14.4 Å². The third-order valence-electron chi connectivity index (χ3n) is 3.37. The molecule has 3 N–H and O–H groups in total. The molecule has 9 heteroatoms. The lowest BCUT2D eigenvalue weighted by molar-refractivity contribution is -0.145. The molecule has 0 radical (unpaired) electrons. The molecule has 0 fully saturated rings. The predicted molar refractivity (Wildman–Crippen MR) is 83.6 cm³/mol. The SMILES string of the molecule is CCC(C(=O)O)N(CCN(C)C)CCN(CC(=O)O)CC(=O)O. The van der Waals surface area contributed by atoms with Crippen molar-refractivity contribution in [3.8, 4) is 0 Å². The van der Waals surface area contributed by atoms with Crippen LogP contribution >= 0.6 is 0 Å². The van der Waals surface area contributed by atoms with Crippen LogP contribution in [0.25, 0.3) is 0 Å². The van der Waals surface area contributed by atoms with Gasteiger partial charge in [0.05, 0.1) is 13.1 Å². The molecule has 0 spiro atoms. The summed E-state index contributed by atoms with van der Waals surface area (Å²) in [6.45, 7) is 2.62. The second-order valence-electron chi connectivity index (χ2n) is 5.60. The zero-order valence-electron chi connectivity index (χ0n) is 13.9. The number of hydrogen-bond acceptors (Lipinski definition) is 6. The minimum Gasteiger partial charge on any atom is -0.480 e. The van der Waals surface area contributed by atoms with Gasteiger partial charge in [-0.05, 0) is 20.5 Å². The Hall–Kier alpha value is -1.71. The van der Waals surface area contributed by atoms with Gasteiger partial charge in [-0.2, -0.15) is 0 Å². The second-order valence-corrected chi connectivity index (χ2v) is 5.60. The molecule has 0 aromatic rings. The predicted octanol–water partition coefficient (Wildman–Crippen LogP) is -0.816. The molecule has 0 aromatic carbocycles. The molecule has 23 heavy (non-hydrogen) atoms. The molecule has 0 heterocycles. The first-order chi connectivity index (χ1) is 10.7. The van der Waals surface area contributed by atoms with Crippen molar-refractivity contribution in [2.75, 3.05) is 53.4 Å².